The van der Waals surface area contributed by atoms with Gasteiger partial charge in [-0.15, -0.1) is 0 Å². The van der Waals surface area contributed by atoms with Gasteiger partial charge in [-0.05, 0) is 32.9 Å². The highest BCUT2D eigenvalue weighted by Crippen LogP contribution is 2.10. The molecular weight excluding hydrogens is 228 g/mol. The second kappa shape index (κ2) is 4.64. The molecule has 0 saturated carbocycles. The van der Waals surface area contributed by atoms with E-state index in [-0.39, 0.29) is 17.5 Å². The van der Waals surface area contributed by atoms with Gasteiger partial charge in [-0.3, -0.25) is 13.9 Å². The van der Waals surface area contributed by atoms with Gasteiger partial charge in [-0.25, -0.2) is 4.79 Å². The van der Waals surface area contributed by atoms with Crippen LogP contribution in [-0.4, -0.2) is 14.9 Å². The van der Waals surface area contributed by atoms with Crippen LogP contribution in [0.2, 0.25) is 0 Å². The predicted molar refractivity (Wildman–Crippen MR) is 70.4 cm³/mol. The number of Topliss-reactive ketones (excluding diaryl/α,β-unsaturated/α-hetero) is 1. The molecule has 0 bridgehead atoms. The third kappa shape index (κ3) is 2.14. The smallest absolute Gasteiger partial charge is 0.296 e. The fourth-order valence-electron chi connectivity index (χ4n) is 1.85. The van der Waals surface area contributed by atoms with Crippen LogP contribution < -0.4 is 5.69 Å². The molecule has 0 atom stereocenters. The van der Waals surface area contributed by atoms with Crippen LogP contribution in [0, 0.1) is 0 Å². The Balaban J connectivity index is 2.53. The van der Waals surface area contributed by atoms with E-state index < -0.39 is 0 Å². The first kappa shape index (κ1) is 12.4. The summed E-state index contributed by atoms with van der Waals surface area (Å²) in [6, 6.07) is 7.20. The number of ketones is 1. The van der Waals surface area contributed by atoms with Gasteiger partial charge in [-0.1, -0.05) is 12.1 Å². The maximum atomic E-state index is 12.1. The quantitative estimate of drug-likeness (QED) is 0.778. The molecule has 0 N–H and O–H groups in total. The van der Waals surface area contributed by atoms with E-state index in [0.29, 0.717) is 11.3 Å². The summed E-state index contributed by atoms with van der Waals surface area (Å²) in [6.45, 7) is 5.43. The zero-order chi connectivity index (χ0) is 13.3. The van der Waals surface area contributed by atoms with Crippen molar-refractivity contribution in [2.24, 2.45) is 0 Å². The molecule has 0 amide bonds. The lowest BCUT2D eigenvalue weighted by molar-refractivity contribution is 0.101. The number of aromatic nitrogens is 2. The van der Waals surface area contributed by atoms with E-state index in [1.54, 1.807) is 39.7 Å². The average molecular weight is 244 g/mol. The molecule has 0 aliphatic heterocycles. The van der Waals surface area contributed by atoms with Crippen molar-refractivity contribution in [3.05, 3.63) is 52.7 Å². The minimum absolute atomic E-state index is 0.00630. The Hall–Kier alpha value is -2.10. The van der Waals surface area contributed by atoms with E-state index in [0.717, 1.165) is 0 Å². The summed E-state index contributed by atoms with van der Waals surface area (Å²) in [4.78, 5) is 23.5. The van der Waals surface area contributed by atoms with Crippen molar-refractivity contribution in [2.75, 3.05) is 0 Å². The fraction of sp³-hybridized carbons (Fsp3) is 0.286. The van der Waals surface area contributed by atoms with Crippen molar-refractivity contribution in [2.45, 2.75) is 26.8 Å². The van der Waals surface area contributed by atoms with Crippen LogP contribution in [-0.2, 0) is 0 Å². The van der Waals surface area contributed by atoms with Crippen molar-refractivity contribution in [1.29, 1.82) is 0 Å². The first-order valence-electron chi connectivity index (χ1n) is 5.91. The third-order valence-electron chi connectivity index (χ3n) is 2.89. The zero-order valence-electron chi connectivity index (χ0n) is 10.8. The van der Waals surface area contributed by atoms with Gasteiger partial charge in [0.25, 0.3) is 0 Å². The number of hydrogen-bond donors (Lipinski definition) is 0. The minimum Gasteiger partial charge on any atom is -0.296 e. The zero-order valence-corrected chi connectivity index (χ0v) is 10.8. The summed E-state index contributed by atoms with van der Waals surface area (Å²) in [5.74, 6) is -0.00630. The molecule has 0 fully saturated rings. The Morgan fingerprint density at radius 2 is 1.94 bits per heavy atom. The minimum atomic E-state index is -0.0919. The van der Waals surface area contributed by atoms with Crippen molar-refractivity contribution in [3.8, 4) is 5.69 Å². The third-order valence-corrected chi connectivity index (χ3v) is 2.89. The Kier molecular flexibility index (Phi) is 3.19. The number of imidazole rings is 1. The van der Waals surface area contributed by atoms with Crippen molar-refractivity contribution < 1.29 is 4.79 Å². The summed E-state index contributed by atoms with van der Waals surface area (Å²) in [5, 5.41) is 0. The van der Waals surface area contributed by atoms with E-state index in [1.165, 1.54) is 6.92 Å². The lowest BCUT2D eigenvalue weighted by Crippen LogP contribution is -2.24. The van der Waals surface area contributed by atoms with Gasteiger partial charge in [0, 0.05) is 24.0 Å². The molecule has 94 valence electrons. The molecule has 1 aromatic heterocycles. The molecular formula is C14H16N2O2. The Morgan fingerprint density at radius 3 is 2.50 bits per heavy atom. The first-order chi connectivity index (χ1) is 8.50. The predicted octanol–water partition coefficient (Wildman–Crippen LogP) is 2.42. The van der Waals surface area contributed by atoms with Crippen molar-refractivity contribution >= 4 is 5.78 Å². The van der Waals surface area contributed by atoms with Gasteiger partial charge in [0.05, 0.1) is 5.69 Å². The van der Waals surface area contributed by atoms with Gasteiger partial charge in [0.2, 0.25) is 0 Å². The fourth-order valence-corrected chi connectivity index (χ4v) is 1.85. The number of carbonyl (C=O) groups excluding carboxylic acids is 1. The molecule has 18 heavy (non-hydrogen) atoms. The van der Waals surface area contributed by atoms with Crippen LogP contribution in [0.1, 0.15) is 37.2 Å². The highest BCUT2D eigenvalue weighted by atomic mass is 16.1. The van der Waals surface area contributed by atoms with Gasteiger partial charge >= 0.3 is 5.69 Å². The van der Waals surface area contributed by atoms with Gasteiger partial charge < -0.3 is 0 Å². The Morgan fingerprint density at radius 1 is 1.22 bits per heavy atom. The molecule has 2 rings (SSSR count). The lowest BCUT2D eigenvalue weighted by atomic mass is 10.1. The second-order valence-corrected chi connectivity index (χ2v) is 4.56. The second-order valence-electron chi connectivity index (χ2n) is 4.56. The van der Waals surface area contributed by atoms with Crippen LogP contribution in [0.25, 0.3) is 5.69 Å². The van der Waals surface area contributed by atoms with Gasteiger partial charge in [0.15, 0.2) is 5.78 Å². The molecule has 4 nitrogen and oxygen atoms in total. The summed E-state index contributed by atoms with van der Waals surface area (Å²) in [5.41, 5.74) is 1.23. The maximum absolute atomic E-state index is 12.1. The van der Waals surface area contributed by atoms with E-state index in [4.69, 9.17) is 0 Å². The molecule has 0 unspecified atom stereocenters. The van der Waals surface area contributed by atoms with Crippen LogP contribution in [0.3, 0.4) is 0 Å². The molecule has 0 aliphatic carbocycles. The molecule has 0 aliphatic rings. The number of hydrogen-bond acceptors (Lipinski definition) is 2. The van der Waals surface area contributed by atoms with Crippen LogP contribution >= 0.6 is 0 Å². The summed E-state index contributed by atoms with van der Waals surface area (Å²) < 4.78 is 3.20. The Bertz CT molecular complexity index is 635. The summed E-state index contributed by atoms with van der Waals surface area (Å²) >= 11 is 0. The molecule has 1 heterocycles. The largest absolute Gasteiger partial charge is 0.332 e. The van der Waals surface area contributed by atoms with Gasteiger partial charge in [-0.2, -0.15) is 0 Å². The number of nitrogens with zero attached hydrogens (tertiary/aromatic N) is 2. The number of benzene rings is 1. The molecule has 0 radical (unpaired) electrons. The molecule has 2 aromatic rings. The van der Waals surface area contributed by atoms with Crippen LogP contribution in [0.4, 0.5) is 0 Å². The lowest BCUT2D eigenvalue weighted by Gasteiger charge is -2.05. The number of rotatable bonds is 3. The van der Waals surface area contributed by atoms with E-state index in [9.17, 15) is 9.59 Å². The van der Waals surface area contributed by atoms with E-state index >= 15 is 0 Å². The van der Waals surface area contributed by atoms with E-state index in [1.807, 2.05) is 19.9 Å². The summed E-state index contributed by atoms with van der Waals surface area (Å²) in [6.07, 6.45) is 3.48. The average Bonchev–Trinajstić information content (AvgIpc) is 2.71. The first-order valence-corrected chi connectivity index (χ1v) is 5.91. The van der Waals surface area contributed by atoms with Gasteiger partial charge in [0.1, 0.15) is 0 Å². The van der Waals surface area contributed by atoms with E-state index in [2.05, 4.69) is 0 Å². The molecule has 4 heteroatoms. The highest BCUT2D eigenvalue weighted by molar-refractivity contribution is 5.94. The standard InChI is InChI=1S/C14H16N2O2/c1-10(2)15-7-8-16(14(15)18)13-6-4-5-12(9-13)11(3)17/h4-10H,1-3H3. The van der Waals surface area contributed by atoms with Crippen LogP contribution in [0.15, 0.2) is 41.5 Å². The highest BCUT2D eigenvalue weighted by Gasteiger charge is 2.08. The molecule has 1 aromatic carbocycles. The molecule has 0 spiro atoms. The monoisotopic (exact) mass is 244 g/mol. The number of carbonyl (C=O) groups is 1. The normalized spacial score (nSPS) is 10.9. The Labute approximate surface area is 105 Å². The maximum Gasteiger partial charge on any atom is 0.332 e. The van der Waals surface area contributed by atoms with Crippen molar-refractivity contribution in [3.63, 3.8) is 0 Å². The van der Waals surface area contributed by atoms with Crippen molar-refractivity contribution in [1.82, 2.24) is 9.13 Å². The summed E-state index contributed by atoms with van der Waals surface area (Å²) in [7, 11) is 0. The topological polar surface area (TPSA) is 44.0 Å². The van der Waals surface area contributed by atoms with Crippen LogP contribution in [0.5, 0.6) is 0 Å². The molecule has 0 saturated heterocycles. The SMILES string of the molecule is CC(=O)c1cccc(-n2ccn(C(C)C)c2=O)c1.